The number of nitrogens with zero attached hydrogens (tertiary/aromatic N) is 11. The number of aryl methyl sites for hydroxylation is 2. The number of fused-ring (bicyclic) bond motifs is 4. The predicted molar refractivity (Wildman–Crippen MR) is 260 cm³/mol. The molecule has 12 nitrogen and oxygen atoms in total. The van der Waals surface area contributed by atoms with Crippen LogP contribution in [0, 0.1) is 20.4 Å². The smallest absolute Gasteiger partial charge is 0.246 e. The summed E-state index contributed by atoms with van der Waals surface area (Å²) in [4.78, 5) is 29.0. The number of allylic oxidation sites excluding steroid dienone is 2. The van der Waals surface area contributed by atoms with Crippen LogP contribution in [0.25, 0.3) is 28.3 Å². The number of aromatic nitrogens is 6. The SMILES string of the molecule is Cc1nccn1CC1=Cc2cccnc2C(N2CCNCC2)c2ccc(Cl)cc21.[C-]#[N+]/N=C(\SC)N1CCN(C2c3ccc(Cl)cc3C(Cn3ccnc3C)=Cc3cccnc32)CC1. The molecule has 2 aliphatic heterocycles. The van der Waals surface area contributed by atoms with Crippen LogP contribution in [0.4, 0.5) is 0 Å². The third-order valence-electron chi connectivity index (χ3n) is 12.5. The number of halogens is 2. The normalized spacial score (nSPS) is 18.8. The summed E-state index contributed by atoms with van der Waals surface area (Å²) in [5, 5.41) is 9.72. The van der Waals surface area contributed by atoms with Crippen LogP contribution in [0.1, 0.15) is 68.5 Å². The molecule has 15 heteroatoms. The molecule has 0 radical (unpaired) electrons. The van der Waals surface area contributed by atoms with Gasteiger partial charge in [-0.25, -0.2) is 9.97 Å². The maximum atomic E-state index is 7.12. The van der Waals surface area contributed by atoms with Crippen molar-refractivity contribution >= 4 is 63.4 Å². The Morgan fingerprint density at radius 1 is 0.703 bits per heavy atom. The summed E-state index contributed by atoms with van der Waals surface area (Å²) < 4.78 is 4.34. The summed E-state index contributed by atoms with van der Waals surface area (Å²) in [6.07, 6.45) is 18.0. The van der Waals surface area contributed by atoms with E-state index in [9.17, 15) is 0 Å². The monoisotopic (exact) mass is 908 g/mol. The van der Waals surface area contributed by atoms with Crippen molar-refractivity contribution in [3.8, 4) is 0 Å². The van der Waals surface area contributed by atoms with Crippen molar-refractivity contribution in [2.24, 2.45) is 5.10 Å². The van der Waals surface area contributed by atoms with E-state index in [0.29, 0.717) is 6.54 Å². The number of benzene rings is 2. The van der Waals surface area contributed by atoms with E-state index < -0.39 is 0 Å². The molecule has 0 amide bonds. The Kier molecular flexibility index (Phi) is 13.4. The number of nitrogens with one attached hydrogen (secondary N) is 1. The summed E-state index contributed by atoms with van der Waals surface area (Å²) in [6, 6.07) is 21.0. The van der Waals surface area contributed by atoms with Gasteiger partial charge >= 0.3 is 0 Å². The maximum Gasteiger partial charge on any atom is 0.246 e. The molecule has 1 N–H and O–H groups in total. The van der Waals surface area contributed by atoms with Gasteiger partial charge in [-0.2, -0.15) is 6.57 Å². The van der Waals surface area contributed by atoms with Crippen LogP contribution in [0.5, 0.6) is 0 Å². The molecular formula is C49H50Cl2N12S. The van der Waals surface area contributed by atoms with E-state index in [4.69, 9.17) is 39.7 Å². The number of pyridine rings is 2. The summed E-state index contributed by atoms with van der Waals surface area (Å²) in [5.41, 5.74) is 11.7. The van der Waals surface area contributed by atoms with Gasteiger partial charge in [-0.1, -0.05) is 59.2 Å². The van der Waals surface area contributed by atoms with Crippen molar-refractivity contribution in [2.75, 3.05) is 58.6 Å². The van der Waals surface area contributed by atoms with Crippen LogP contribution in [-0.4, -0.2) is 108 Å². The molecule has 4 aromatic heterocycles. The van der Waals surface area contributed by atoms with Crippen LogP contribution in [0.3, 0.4) is 0 Å². The Morgan fingerprint density at radius 3 is 1.66 bits per heavy atom. The van der Waals surface area contributed by atoms with E-state index in [0.717, 1.165) is 108 Å². The third kappa shape index (κ3) is 9.17. The second kappa shape index (κ2) is 19.7. The number of amidine groups is 1. The van der Waals surface area contributed by atoms with Gasteiger partial charge in [0.25, 0.3) is 0 Å². The first-order valence-electron chi connectivity index (χ1n) is 21.6. The molecule has 2 aromatic carbocycles. The van der Waals surface area contributed by atoms with E-state index in [1.165, 1.54) is 45.2 Å². The van der Waals surface area contributed by atoms with E-state index in [2.05, 4.69) is 97.7 Å². The molecule has 0 saturated carbocycles. The molecule has 0 bridgehead atoms. The predicted octanol–water partition coefficient (Wildman–Crippen LogP) is 8.84. The third-order valence-corrected chi connectivity index (χ3v) is 13.7. The first kappa shape index (κ1) is 43.7. The minimum Gasteiger partial charge on any atom is -0.343 e. The summed E-state index contributed by atoms with van der Waals surface area (Å²) in [6.45, 7) is 19.9. The van der Waals surface area contributed by atoms with Crippen molar-refractivity contribution in [2.45, 2.75) is 39.0 Å². The molecule has 6 heterocycles. The molecule has 6 aromatic rings. The Balaban J connectivity index is 0.000000165. The molecule has 2 fully saturated rings. The standard InChI is InChI=1S/C26H26ClN7S.C23H24ClN5/c1-18-29-9-10-34(18)17-20-15-19-5-4-8-30-24(19)25(22-7-6-21(27)16-23(20)22)32-11-13-33(14-12-32)26(35-3)31-28-2;1-16-26-9-12-29(16)15-18-13-17-3-2-6-27-22(17)23(28-10-7-25-8-11-28)20-5-4-19(24)14-21(18)20/h4-10,15-16,25H,11-14,17H2,1,3H3;2-6,9,12-14,23,25H,7-8,10-11,15H2,1H3/b31-26-;. The molecule has 2 atom stereocenters. The molecule has 10 rings (SSSR count). The van der Waals surface area contributed by atoms with E-state index in [1.807, 2.05) is 81.5 Å². The average molecular weight is 910 g/mol. The molecular weight excluding hydrogens is 860 g/mol. The van der Waals surface area contributed by atoms with Gasteiger partial charge in [0.2, 0.25) is 5.17 Å². The quantitative estimate of drug-likeness (QED) is 0.0761. The second-order valence-electron chi connectivity index (χ2n) is 16.3. The van der Waals surface area contributed by atoms with E-state index in [1.54, 1.807) is 0 Å². The number of hydrogen-bond donors (Lipinski definition) is 1. The fourth-order valence-corrected chi connectivity index (χ4v) is 10.3. The van der Waals surface area contributed by atoms with E-state index >= 15 is 0 Å². The van der Waals surface area contributed by atoms with Gasteiger partial charge in [-0.05, 0) is 113 Å². The lowest BCUT2D eigenvalue weighted by atomic mass is 9.93. The minimum absolute atomic E-state index is 0.00813. The number of piperazine rings is 2. The Bertz CT molecular complexity index is 2770. The summed E-state index contributed by atoms with van der Waals surface area (Å²) >= 11 is 14.5. The molecule has 0 spiro atoms. The largest absolute Gasteiger partial charge is 0.343 e. The van der Waals surface area contributed by atoms with Crippen LogP contribution < -0.4 is 5.32 Å². The summed E-state index contributed by atoms with van der Waals surface area (Å²) in [7, 11) is 0. The lowest BCUT2D eigenvalue weighted by Gasteiger charge is -2.40. The fraction of sp³-hybridized carbons (Fsp3) is 0.306. The lowest BCUT2D eigenvalue weighted by Crippen LogP contribution is -2.49. The number of rotatable bonds is 6. The zero-order valence-corrected chi connectivity index (χ0v) is 38.5. The van der Waals surface area contributed by atoms with Crippen molar-refractivity contribution in [1.29, 1.82) is 0 Å². The van der Waals surface area contributed by atoms with Gasteiger partial charge in [0.1, 0.15) is 16.8 Å². The number of thioether (sulfide) groups is 1. The highest BCUT2D eigenvalue weighted by atomic mass is 35.5. The molecule has 64 heavy (non-hydrogen) atoms. The van der Waals surface area contributed by atoms with Crippen molar-refractivity contribution in [3.63, 3.8) is 0 Å². The molecule has 326 valence electrons. The molecule has 2 unspecified atom stereocenters. The minimum atomic E-state index is 0.00813. The summed E-state index contributed by atoms with van der Waals surface area (Å²) in [5.74, 6) is 1.98. The van der Waals surface area contributed by atoms with Crippen LogP contribution in [0.15, 0.2) is 103 Å². The van der Waals surface area contributed by atoms with Gasteiger partial charge in [-0.15, -0.1) is 4.95 Å². The maximum absolute atomic E-state index is 7.12. The molecule has 2 aliphatic carbocycles. The topological polar surface area (TPSA) is 99.9 Å². The molecule has 4 aliphatic rings. The first-order chi connectivity index (χ1) is 31.3. The van der Waals surface area contributed by atoms with Crippen LogP contribution in [0.2, 0.25) is 10.0 Å². The average Bonchev–Trinajstić information content (AvgIpc) is 3.85. The van der Waals surface area contributed by atoms with Gasteiger partial charge in [-0.3, -0.25) is 19.8 Å². The van der Waals surface area contributed by atoms with Gasteiger partial charge < -0.3 is 19.4 Å². The zero-order valence-electron chi connectivity index (χ0n) is 36.2. The fourth-order valence-electron chi connectivity index (χ4n) is 9.37. The van der Waals surface area contributed by atoms with Gasteiger partial charge in [0.05, 0.1) is 23.5 Å². The van der Waals surface area contributed by atoms with Crippen molar-refractivity contribution in [1.82, 2.24) is 49.1 Å². The first-order valence-corrected chi connectivity index (χ1v) is 23.6. The Labute approximate surface area is 389 Å². The van der Waals surface area contributed by atoms with Crippen LogP contribution in [-0.2, 0) is 13.1 Å². The zero-order chi connectivity index (χ0) is 44.2. The van der Waals surface area contributed by atoms with E-state index in [-0.39, 0.29) is 12.1 Å². The lowest BCUT2D eigenvalue weighted by molar-refractivity contribution is 0.150. The van der Waals surface area contributed by atoms with Gasteiger partial charge in [0, 0.05) is 113 Å². The second-order valence-corrected chi connectivity index (χ2v) is 17.9. The highest BCUT2D eigenvalue weighted by Gasteiger charge is 2.34. The Morgan fingerprint density at radius 2 is 1.20 bits per heavy atom. The van der Waals surface area contributed by atoms with Crippen molar-refractivity contribution in [3.05, 3.63) is 176 Å². The number of imidazole rings is 2. The Hall–Kier alpha value is -5.59. The highest BCUT2D eigenvalue weighted by Crippen LogP contribution is 2.42. The van der Waals surface area contributed by atoms with Gasteiger partial charge in [0.15, 0.2) is 0 Å². The highest BCUT2D eigenvalue weighted by molar-refractivity contribution is 8.13. The van der Waals surface area contributed by atoms with Crippen LogP contribution >= 0.6 is 35.0 Å². The molecule has 2 saturated heterocycles. The van der Waals surface area contributed by atoms with Crippen molar-refractivity contribution < 1.29 is 0 Å². The number of hydrogen-bond acceptors (Lipinski definition) is 9.